The van der Waals surface area contributed by atoms with E-state index in [1.54, 1.807) is 52.7 Å². The summed E-state index contributed by atoms with van der Waals surface area (Å²) in [5, 5.41) is 11.0. The Morgan fingerprint density at radius 3 is 0.750 bits per heavy atom. The summed E-state index contributed by atoms with van der Waals surface area (Å²) in [5.41, 5.74) is 4.99. The highest BCUT2D eigenvalue weighted by Gasteiger charge is 2.38. The van der Waals surface area contributed by atoms with E-state index in [1.807, 2.05) is 24.3 Å². The SMILES string of the molecule is COc1cc(OC)c2cc1C(CCO)c1cc(c(OC)cc1OC)C(CCOC(=O)C1CCCC1=O)c1cc(c(OC)cc1OC)C(CCOC(=O)C1CCCC1=O)c1cc(c(OC)cc1OC)C2CCOC(=O)C1CCCC1=O. The molecular weight excluding hydrogens is 1030 g/mol. The van der Waals surface area contributed by atoms with E-state index in [9.17, 15) is 33.9 Å². The third kappa shape index (κ3) is 12.2. The van der Waals surface area contributed by atoms with Crippen LogP contribution in [0, 0.1) is 17.8 Å². The molecule has 4 aromatic carbocycles. The van der Waals surface area contributed by atoms with E-state index in [1.165, 1.54) is 28.4 Å². The number of benzene rings is 4. The summed E-state index contributed by atoms with van der Waals surface area (Å²) in [6, 6.07) is 14.9. The van der Waals surface area contributed by atoms with Crippen LogP contribution in [-0.4, -0.2) is 124 Å². The second kappa shape index (κ2) is 26.7. The lowest BCUT2D eigenvalue weighted by Gasteiger charge is -2.31. The number of carbonyl (C=O) groups excluding carboxylic acids is 6. The van der Waals surface area contributed by atoms with Gasteiger partial charge in [0.15, 0.2) is 0 Å². The van der Waals surface area contributed by atoms with Crippen LogP contribution in [0.3, 0.4) is 0 Å². The zero-order valence-electron chi connectivity index (χ0n) is 47.1. The van der Waals surface area contributed by atoms with Gasteiger partial charge in [0.05, 0.1) is 76.7 Å². The molecule has 4 aliphatic carbocycles. The van der Waals surface area contributed by atoms with Crippen molar-refractivity contribution in [1.82, 2.24) is 0 Å². The number of Topliss-reactive ketones (excluding diaryl/α,β-unsaturated/α-hetero) is 3. The highest BCUT2D eigenvalue weighted by Crippen LogP contribution is 2.53. The molecule has 3 fully saturated rings. The number of aliphatic hydroxyl groups is 1. The van der Waals surface area contributed by atoms with Gasteiger partial charge in [0.25, 0.3) is 0 Å². The lowest BCUT2D eigenvalue weighted by molar-refractivity contribution is -0.152. The Morgan fingerprint density at radius 1 is 0.362 bits per heavy atom. The summed E-state index contributed by atoms with van der Waals surface area (Å²) in [6.45, 7) is -0.614. The first kappa shape index (κ1) is 58.8. The molecule has 0 aromatic heterocycles. The molecule has 4 aromatic rings. The molecule has 18 nitrogen and oxygen atoms in total. The second-order valence-electron chi connectivity index (χ2n) is 20.7. The van der Waals surface area contributed by atoms with E-state index >= 15 is 0 Å². The number of rotatable bonds is 22. The topological polar surface area (TPSA) is 224 Å². The molecule has 4 aliphatic rings. The number of ether oxygens (including phenoxy) is 11. The number of ketones is 3. The Hall–Kier alpha value is -7.34. The van der Waals surface area contributed by atoms with Crippen molar-refractivity contribution in [3.8, 4) is 46.0 Å². The van der Waals surface area contributed by atoms with Crippen molar-refractivity contribution in [2.45, 2.75) is 107 Å². The number of fused-ring (bicyclic) bond motifs is 8. The Balaban J connectivity index is 1.43. The third-order valence-electron chi connectivity index (χ3n) is 16.5. The first-order valence-corrected chi connectivity index (χ1v) is 27.5. The average Bonchev–Trinajstić information content (AvgIpc) is 4.30. The summed E-state index contributed by atoms with van der Waals surface area (Å²) in [5.74, 6) is -4.22. The molecule has 430 valence electrons. The van der Waals surface area contributed by atoms with Crippen LogP contribution in [0.5, 0.6) is 46.0 Å². The van der Waals surface area contributed by atoms with Crippen LogP contribution in [0.25, 0.3) is 0 Å². The van der Waals surface area contributed by atoms with E-state index in [2.05, 4.69) is 0 Å². The van der Waals surface area contributed by atoms with Crippen LogP contribution in [-0.2, 0) is 43.0 Å². The van der Waals surface area contributed by atoms with Gasteiger partial charge in [-0.3, -0.25) is 28.8 Å². The Bertz CT molecular complexity index is 2770. The van der Waals surface area contributed by atoms with Crippen molar-refractivity contribution in [3.05, 3.63) is 93.0 Å². The minimum absolute atomic E-state index is 0.110. The van der Waals surface area contributed by atoms with Gasteiger partial charge in [0.1, 0.15) is 81.1 Å². The van der Waals surface area contributed by atoms with Gasteiger partial charge in [-0.1, -0.05) is 0 Å². The Labute approximate surface area is 466 Å². The first-order chi connectivity index (χ1) is 38.8. The Morgan fingerprint density at radius 2 is 0.575 bits per heavy atom. The molecule has 0 saturated heterocycles. The summed E-state index contributed by atoms with van der Waals surface area (Å²) in [6.07, 6.45) is 4.60. The van der Waals surface area contributed by atoms with Crippen LogP contribution in [0.2, 0.25) is 0 Å². The van der Waals surface area contributed by atoms with E-state index in [0.29, 0.717) is 148 Å². The van der Waals surface area contributed by atoms with Crippen molar-refractivity contribution in [3.63, 3.8) is 0 Å². The molecule has 18 heteroatoms. The van der Waals surface area contributed by atoms with Gasteiger partial charge in [0.2, 0.25) is 0 Å². The van der Waals surface area contributed by atoms with Gasteiger partial charge in [-0.15, -0.1) is 0 Å². The molecule has 0 spiro atoms. The fraction of sp³-hybridized carbons (Fsp3) is 0.516. The number of hydrogen-bond acceptors (Lipinski definition) is 18. The van der Waals surface area contributed by atoms with Crippen molar-refractivity contribution in [2.75, 3.05) is 83.3 Å². The maximum absolute atomic E-state index is 13.6. The number of esters is 3. The molecule has 0 amide bonds. The standard InChI is InChI=1S/C62H74O18/c1-70-52-30-54(72-3)43-26-41(52)34(18-22-63)42-27-44(55(73-4)31-53(42)71-2)36(20-24-79-61(68)39-13-10-16-50(39)65)46-29-48(59(77-8)33-57(46)75-6)37(21-25-80-62(69)40-14-11-17-51(40)66)47-28-45(56(74-5)32-58(47)76-7)35(43)19-23-78-60(67)38-12-9-15-49(38)64/h26-40,63H,9-25H2,1-8H3. The minimum Gasteiger partial charge on any atom is -0.496 e. The van der Waals surface area contributed by atoms with Crippen LogP contribution < -0.4 is 37.9 Å². The molecule has 8 rings (SSSR count). The van der Waals surface area contributed by atoms with Crippen molar-refractivity contribution in [1.29, 1.82) is 0 Å². The van der Waals surface area contributed by atoms with E-state index in [0.717, 1.165) is 0 Å². The summed E-state index contributed by atoms with van der Waals surface area (Å²) >= 11 is 0. The van der Waals surface area contributed by atoms with Crippen molar-refractivity contribution < 1.29 is 86.0 Å². The fourth-order valence-electron chi connectivity index (χ4n) is 12.3. The molecule has 1 N–H and O–H groups in total. The van der Waals surface area contributed by atoms with Gasteiger partial charge in [-0.05, 0) is 88.5 Å². The van der Waals surface area contributed by atoms with Crippen LogP contribution >= 0.6 is 0 Å². The van der Waals surface area contributed by atoms with Crippen molar-refractivity contribution >= 4 is 35.3 Å². The lowest BCUT2D eigenvalue weighted by Crippen LogP contribution is -2.23. The molecule has 8 bridgehead atoms. The zero-order valence-corrected chi connectivity index (χ0v) is 47.1. The summed E-state index contributed by atoms with van der Waals surface area (Å²) in [7, 11) is 12.3. The molecule has 5 unspecified atom stereocenters. The van der Waals surface area contributed by atoms with Crippen LogP contribution in [0.4, 0.5) is 0 Å². The normalized spacial score (nSPS) is 21.4. The quantitative estimate of drug-likeness (QED) is 0.0440. The fourth-order valence-corrected chi connectivity index (χ4v) is 12.3. The van der Waals surface area contributed by atoms with Gasteiger partial charge in [-0.25, -0.2) is 0 Å². The molecule has 80 heavy (non-hydrogen) atoms. The summed E-state index contributed by atoms with van der Waals surface area (Å²) < 4.78 is 67.7. The number of methoxy groups -OCH3 is 8. The molecule has 0 heterocycles. The van der Waals surface area contributed by atoms with Gasteiger partial charge in [-0.2, -0.15) is 0 Å². The van der Waals surface area contributed by atoms with E-state index in [4.69, 9.17) is 52.1 Å². The molecule has 5 atom stereocenters. The molecule has 3 saturated carbocycles. The van der Waals surface area contributed by atoms with Gasteiger partial charge < -0.3 is 57.2 Å². The van der Waals surface area contributed by atoms with Crippen LogP contribution in [0.15, 0.2) is 48.5 Å². The number of aliphatic hydroxyl groups excluding tert-OH is 1. The highest BCUT2D eigenvalue weighted by molar-refractivity contribution is 6.01. The predicted octanol–water partition coefficient (Wildman–Crippen LogP) is 8.89. The average molecular weight is 1110 g/mol. The smallest absolute Gasteiger partial charge is 0.316 e. The van der Waals surface area contributed by atoms with Gasteiger partial charge >= 0.3 is 17.9 Å². The van der Waals surface area contributed by atoms with E-state index in [-0.39, 0.29) is 69.5 Å². The number of carbonyl (C=O) groups is 6. The lowest BCUT2D eigenvalue weighted by atomic mass is 9.77. The molecular formula is C62H74O18. The highest BCUT2D eigenvalue weighted by atomic mass is 16.5. The molecule has 0 radical (unpaired) electrons. The largest absolute Gasteiger partial charge is 0.496 e. The number of hydrogen-bond donors (Lipinski definition) is 1. The maximum Gasteiger partial charge on any atom is 0.316 e. The maximum atomic E-state index is 13.6. The zero-order chi connectivity index (χ0) is 57.2. The second-order valence-corrected chi connectivity index (χ2v) is 20.7. The Kier molecular flexibility index (Phi) is 19.7. The summed E-state index contributed by atoms with van der Waals surface area (Å²) in [4.78, 5) is 79.2. The monoisotopic (exact) mass is 1110 g/mol. The van der Waals surface area contributed by atoms with Crippen molar-refractivity contribution in [2.24, 2.45) is 17.8 Å². The van der Waals surface area contributed by atoms with Crippen LogP contribution in [0.1, 0.15) is 152 Å². The predicted molar refractivity (Wildman–Crippen MR) is 291 cm³/mol. The minimum atomic E-state index is -0.856. The third-order valence-corrected chi connectivity index (χ3v) is 16.5. The first-order valence-electron chi connectivity index (χ1n) is 27.5. The van der Waals surface area contributed by atoms with Gasteiger partial charge in [0, 0.05) is 118 Å². The molecule has 0 aliphatic heterocycles. The van der Waals surface area contributed by atoms with E-state index < -0.39 is 59.3 Å².